The smallest absolute Gasteiger partial charge is 0.293 e. The molecule has 0 radical (unpaired) electrons. The van der Waals surface area contributed by atoms with Gasteiger partial charge in [0.1, 0.15) is 5.69 Å². The molecule has 130 valence electrons. The lowest BCUT2D eigenvalue weighted by Gasteiger charge is -2.08. The number of anilines is 2. The molecule has 0 aliphatic heterocycles. The topological polar surface area (TPSA) is 113 Å². The van der Waals surface area contributed by atoms with Gasteiger partial charge < -0.3 is 16.0 Å². The largest absolute Gasteiger partial charge is 0.383 e. The zero-order chi connectivity index (χ0) is 18.4. The van der Waals surface area contributed by atoms with Crippen molar-refractivity contribution in [3.05, 3.63) is 63.7 Å². The highest BCUT2D eigenvalue weighted by Gasteiger charge is 2.16. The van der Waals surface area contributed by atoms with Gasteiger partial charge in [-0.15, -0.1) is 0 Å². The van der Waals surface area contributed by atoms with Gasteiger partial charge >= 0.3 is 0 Å². The Hall–Kier alpha value is -3.42. The normalized spacial score (nSPS) is 10.0. The van der Waals surface area contributed by atoms with Crippen molar-refractivity contribution < 1.29 is 14.5 Å². The fourth-order valence-corrected chi connectivity index (χ4v) is 2.23. The van der Waals surface area contributed by atoms with Gasteiger partial charge in [0.25, 0.3) is 11.6 Å². The number of hydrogen-bond acceptors (Lipinski definition) is 5. The van der Waals surface area contributed by atoms with Crippen LogP contribution in [0.4, 0.5) is 17.1 Å². The molecule has 0 aromatic heterocycles. The number of nitro groups is 1. The number of benzene rings is 2. The van der Waals surface area contributed by atoms with E-state index in [1.807, 2.05) is 0 Å². The molecule has 0 fully saturated rings. The van der Waals surface area contributed by atoms with Crippen LogP contribution in [0, 0.1) is 10.1 Å². The molecule has 0 saturated carbocycles. The molecule has 2 aromatic rings. The molecule has 2 amide bonds. The van der Waals surface area contributed by atoms with Crippen molar-refractivity contribution in [3.8, 4) is 0 Å². The Morgan fingerprint density at radius 1 is 1.12 bits per heavy atom. The second-order valence-electron chi connectivity index (χ2n) is 5.30. The maximum absolute atomic E-state index is 12.2. The summed E-state index contributed by atoms with van der Waals surface area (Å²) in [5, 5.41) is 19.1. The third kappa shape index (κ3) is 4.77. The highest BCUT2D eigenvalue weighted by molar-refractivity contribution is 5.95. The third-order valence-corrected chi connectivity index (χ3v) is 3.45. The van der Waals surface area contributed by atoms with Gasteiger partial charge in [-0.1, -0.05) is 12.1 Å². The summed E-state index contributed by atoms with van der Waals surface area (Å²) in [6.07, 6.45) is 0. The average Bonchev–Trinajstić information content (AvgIpc) is 2.59. The van der Waals surface area contributed by atoms with E-state index < -0.39 is 10.8 Å². The Labute approximate surface area is 144 Å². The minimum Gasteiger partial charge on any atom is -0.383 e. The van der Waals surface area contributed by atoms with Crippen LogP contribution in [0.15, 0.2) is 42.5 Å². The second-order valence-corrected chi connectivity index (χ2v) is 5.30. The minimum absolute atomic E-state index is 0.158. The highest BCUT2D eigenvalue weighted by Crippen LogP contribution is 2.25. The van der Waals surface area contributed by atoms with Gasteiger partial charge in [-0.25, -0.2) is 0 Å². The summed E-state index contributed by atoms with van der Waals surface area (Å²) in [6, 6.07) is 11.3. The van der Waals surface area contributed by atoms with Crippen LogP contribution in [0.5, 0.6) is 0 Å². The van der Waals surface area contributed by atoms with E-state index in [0.29, 0.717) is 11.4 Å². The summed E-state index contributed by atoms with van der Waals surface area (Å²) in [7, 11) is 1.58. The Morgan fingerprint density at radius 2 is 1.80 bits per heavy atom. The van der Waals surface area contributed by atoms with Crippen LogP contribution < -0.4 is 16.0 Å². The van der Waals surface area contributed by atoms with Gasteiger partial charge in [0.15, 0.2) is 0 Å². The van der Waals surface area contributed by atoms with E-state index in [-0.39, 0.29) is 23.7 Å². The number of nitrogens with one attached hydrogen (secondary N) is 3. The lowest BCUT2D eigenvalue weighted by molar-refractivity contribution is -0.384. The van der Waals surface area contributed by atoms with Crippen LogP contribution in [0.2, 0.25) is 0 Å². The van der Waals surface area contributed by atoms with E-state index in [9.17, 15) is 19.7 Å². The van der Waals surface area contributed by atoms with E-state index in [4.69, 9.17) is 0 Å². The summed E-state index contributed by atoms with van der Waals surface area (Å²) in [6.45, 7) is 1.69. The molecular formula is C17H18N4O4. The van der Waals surface area contributed by atoms with Crippen LogP contribution >= 0.6 is 0 Å². The molecule has 0 heterocycles. The molecule has 25 heavy (non-hydrogen) atoms. The quantitative estimate of drug-likeness (QED) is 0.551. The molecular weight excluding hydrogens is 324 g/mol. The van der Waals surface area contributed by atoms with Crippen molar-refractivity contribution >= 4 is 28.9 Å². The Balaban J connectivity index is 2.04. The first kappa shape index (κ1) is 17.9. The minimum atomic E-state index is -0.538. The second kappa shape index (κ2) is 7.91. The number of carbonyl (C=O) groups excluding carboxylic acids is 2. The number of hydrogen-bond donors (Lipinski definition) is 3. The summed E-state index contributed by atoms with van der Waals surface area (Å²) in [5.41, 5.74) is 1.90. The number of rotatable bonds is 6. The standard InChI is InChI=1S/C17H18N4O4/c1-11(22)20-14-6-3-12(4-7-14)10-19-17(23)13-5-8-15(18-2)16(9-13)21(24)25/h3-9,18H,10H2,1-2H3,(H,19,23)(H,20,22). The van der Waals surface area contributed by atoms with E-state index in [0.717, 1.165) is 5.56 Å². The van der Waals surface area contributed by atoms with Crippen LogP contribution in [0.1, 0.15) is 22.8 Å². The molecule has 0 aliphatic rings. The summed E-state index contributed by atoms with van der Waals surface area (Å²) < 4.78 is 0. The number of nitro benzene ring substituents is 1. The molecule has 0 aliphatic carbocycles. The molecule has 3 N–H and O–H groups in total. The van der Waals surface area contributed by atoms with Crippen molar-refractivity contribution in [2.24, 2.45) is 0 Å². The Bertz CT molecular complexity index is 803. The number of carbonyl (C=O) groups is 2. The lowest BCUT2D eigenvalue weighted by atomic mass is 10.1. The maximum atomic E-state index is 12.2. The molecule has 2 aromatic carbocycles. The first-order valence-corrected chi connectivity index (χ1v) is 7.51. The monoisotopic (exact) mass is 342 g/mol. The summed E-state index contributed by atoms with van der Waals surface area (Å²) in [5.74, 6) is -0.565. The zero-order valence-corrected chi connectivity index (χ0v) is 13.8. The molecule has 0 unspecified atom stereocenters. The molecule has 8 nitrogen and oxygen atoms in total. The third-order valence-electron chi connectivity index (χ3n) is 3.45. The molecule has 0 spiro atoms. The van der Waals surface area contributed by atoms with E-state index >= 15 is 0 Å². The Morgan fingerprint density at radius 3 is 2.36 bits per heavy atom. The molecule has 0 saturated heterocycles. The predicted octanol–water partition coefficient (Wildman–Crippen LogP) is 2.52. The van der Waals surface area contributed by atoms with E-state index in [1.54, 1.807) is 31.3 Å². The van der Waals surface area contributed by atoms with Crippen LogP contribution in [-0.4, -0.2) is 23.8 Å². The summed E-state index contributed by atoms with van der Waals surface area (Å²) in [4.78, 5) is 33.7. The van der Waals surface area contributed by atoms with E-state index in [2.05, 4.69) is 16.0 Å². The highest BCUT2D eigenvalue weighted by atomic mass is 16.6. The first-order chi connectivity index (χ1) is 11.9. The van der Waals surface area contributed by atoms with Crippen molar-refractivity contribution in [2.75, 3.05) is 17.7 Å². The average molecular weight is 342 g/mol. The van der Waals surface area contributed by atoms with Gasteiger partial charge in [0.2, 0.25) is 5.91 Å². The summed E-state index contributed by atoms with van der Waals surface area (Å²) >= 11 is 0. The SMILES string of the molecule is CNc1ccc(C(=O)NCc2ccc(NC(C)=O)cc2)cc1[N+](=O)[O-]. The maximum Gasteiger partial charge on any atom is 0.293 e. The van der Waals surface area contributed by atoms with Gasteiger partial charge in [-0.05, 0) is 29.8 Å². The fraction of sp³-hybridized carbons (Fsp3) is 0.176. The van der Waals surface area contributed by atoms with Crippen molar-refractivity contribution in [1.82, 2.24) is 5.32 Å². The first-order valence-electron chi connectivity index (χ1n) is 7.51. The number of amides is 2. The molecule has 8 heteroatoms. The van der Waals surface area contributed by atoms with E-state index in [1.165, 1.54) is 25.1 Å². The predicted molar refractivity (Wildman–Crippen MR) is 94.6 cm³/mol. The van der Waals surface area contributed by atoms with Crippen molar-refractivity contribution in [2.45, 2.75) is 13.5 Å². The van der Waals surface area contributed by atoms with Gasteiger partial charge in [-0.3, -0.25) is 19.7 Å². The Kier molecular flexibility index (Phi) is 5.67. The van der Waals surface area contributed by atoms with Gasteiger partial charge in [-0.2, -0.15) is 0 Å². The van der Waals surface area contributed by atoms with Crippen LogP contribution in [-0.2, 0) is 11.3 Å². The van der Waals surface area contributed by atoms with Crippen LogP contribution in [0.3, 0.4) is 0 Å². The number of nitrogens with zero attached hydrogens (tertiary/aromatic N) is 1. The van der Waals surface area contributed by atoms with Crippen molar-refractivity contribution in [1.29, 1.82) is 0 Å². The van der Waals surface area contributed by atoms with Gasteiger partial charge in [0, 0.05) is 37.8 Å². The van der Waals surface area contributed by atoms with Gasteiger partial charge in [0.05, 0.1) is 4.92 Å². The van der Waals surface area contributed by atoms with Crippen LogP contribution in [0.25, 0.3) is 0 Å². The molecule has 2 rings (SSSR count). The van der Waals surface area contributed by atoms with Crippen molar-refractivity contribution in [3.63, 3.8) is 0 Å². The zero-order valence-electron chi connectivity index (χ0n) is 13.8. The molecule has 0 atom stereocenters. The molecule has 0 bridgehead atoms. The lowest BCUT2D eigenvalue weighted by Crippen LogP contribution is -2.23. The fourth-order valence-electron chi connectivity index (χ4n) is 2.23.